The number of para-hydroxylation sites is 2. The molecule has 222 valence electrons. The third-order valence-electron chi connectivity index (χ3n) is 7.93. The first-order valence-corrected chi connectivity index (χ1v) is 15.4. The van der Waals surface area contributed by atoms with E-state index in [9.17, 15) is 27.6 Å². The maximum atomic E-state index is 13.3. The van der Waals surface area contributed by atoms with Crippen molar-refractivity contribution in [2.45, 2.75) is 23.0 Å². The Labute approximate surface area is 247 Å². The summed E-state index contributed by atoms with van der Waals surface area (Å²) < 4.78 is 30.5. The molecule has 13 heteroatoms. The van der Waals surface area contributed by atoms with E-state index in [1.165, 1.54) is 4.90 Å². The number of anilines is 1. The van der Waals surface area contributed by atoms with E-state index in [4.69, 9.17) is 4.74 Å². The van der Waals surface area contributed by atoms with Crippen LogP contribution in [0.3, 0.4) is 0 Å². The first-order chi connectivity index (χ1) is 20.6. The second kappa shape index (κ2) is 11.1. The molecule has 0 bridgehead atoms. The van der Waals surface area contributed by atoms with Crippen LogP contribution in [0.15, 0.2) is 83.8 Å². The summed E-state index contributed by atoms with van der Waals surface area (Å²) >= 11 is 0. The van der Waals surface area contributed by atoms with Gasteiger partial charge in [0.1, 0.15) is 5.75 Å². The highest BCUT2D eigenvalue weighted by atomic mass is 32.2. The summed E-state index contributed by atoms with van der Waals surface area (Å²) in [5.74, 6) is -0.962. The molecule has 3 aromatic rings. The largest absolute Gasteiger partial charge is 0.484 e. The number of nitrogens with one attached hydrogen (secondary N) is 3. The highest BCUT2D eigenvalue weighted by molar-refractivity contribution is 7.91. The quantitative estimate of drug-likeness (QED) is 0.339. The molecule has 0 aliphatic carbocycles. The number of urea groups is 1. The highest BCUT2D eigenvalue weighted by Gasteiger charge is 2.58. The van der Waals surface area contributed by atoms with Gasteiger partial charge in [-0.05, 0) is 42.0 Å². The molecule has 6 rings (SSSR count). The van der Waals surface area contributed by atoms with E-state index in [1.807, 2.05) is 11.0 Å². The smallest absolute Gasteiger partial charge is 0.322 e. The number of sulfone groups is 1. The maximum Gasteiger partial charge on any atom is 0.322 e. The van der Waals surface area contributed by atoms with E-state index < -0.39 is 45.2 Å². The number of fused-ring (bicyclic) bond motifs is 1. The van der Waals surface area contributed by atoms with Crippen LogP contribution in [0.25, 0.3) is 0 Å². The van der Waals surface area contributed by atoms with E-state index in [1.54, 1.807) is 72.8 Å². The molecule has 3 N–H and O–H groups in total. The number of hydrogen-bond acceptors (Lipinski definition) is 8. The van der Waals surface area contributed by atoms with E-state index in [2.05, 4.69) is 16.0 Å². The third-order valence-corrected chi connectivity index (χ3v) is 9.67. The van der Waals surface area contributed by atoms with E-state index in [0.717, 1.165) is 5.56 Å². The van der Waals surface area contributed by atoms with Crippen molar-refractivity contribution in [1.82, 2.24) is 20.9 Å². The Bertz CT molecular complexity index is 1700. The Morgan fingerprint density at radius 1 is 0.977 bits per heavy atom. The van der Waals surface area contributed by atoms with Crippen molar-refractivity contribution in [2.24, 2.45) is 0 Å². The molecule has 3 heterocycles. The SMILES string of the molecule is O=C1NC(=O)C2(CN(C(=O)COc3ccccc3)CC2NC(=O)c2ccc(CN3CCS(=O)(=O)c4ccccc43)cc2)N1. The minimum Gasteiger partial charge on any atom is -0.484 e. The summed E-state index contributed by atoms with van der Waals surface area (Å²) in [7, 11) is -3.32. The van der Waals surface area contributed by atoms with Gasteiger partial charge in [0.15, 0.2) is 22.0 Å². The standard InChI is InChI=1S/C30H29N5O7S/c36-26(18-42-22-6-2-1-3-7-22)35-17-25(30(19-35)28(38)32-29(39)33-30)31-27(37)21-12-10-20(11-13-21)16-34-14-15-43(40,41)24-9-5-4-8-23(24)34/h1-13,25H,14-19H2,(H,31,37)(H2,32,33,38,39). The van der Waals surface area contributed by atoms with Gasteiger partial charge in [-0.15, -0.1) is 0 Å². The Balaban J connectivity index is 1.13. The van der Waals surface area contributed by atoms with Gasteiger partial charge < -0.3 is 25.2 Å². The van der Waals surface area contributed by atoms with Crippen LogP contribution in [0.5, 0.6) is 5.75 Å². The highest BCUT2D eigenvalue weighted by Crippen LogP contribution is 2.31. The van der Waals surface area contributed by atoms with Crippen LogP contribution < -0.4 is 25.6 Å². The number of hydrogen-bond donors (Lipinski definition) is 3. The normalized spacial score (nSPS) is 22.1. The average molecular weight is 604 g/mol. The van der Waals surface area contributed by atoms with Crippen LogP contribution in [0.4, 0.5) is 10.5 Å². The lowest BCUT2D eigenvalue weighted by Crippen LogP contribution is -2.62. The number of rotatable bonds is 7. The van der Waals surface area contributed by atoms with Crippen molar-refractivity contribution in [2.75, 3.05) is 36.9 Å². The number of carbonyl (C=O) groups is 4. The van der Waals surface area contributed by atoms with Crippen LogP contribution in [0, 0.1) is 0 Å². The van der Waals surface area contributed by atoms with Gasteiger partial charge in [-0.3, -0.25) is 19.7 Å². The van der Waals surface area contributed by atoms with Crippen LogP contribution >= 0.6 is 0 Å². The number of imide groups is 1. The monoisotopic (exact) mass is 603 g/mol. The first kappa shape index (κ1) is 28.2. The van der Waals surface area contributed by atoms with Crippen molar-refractivity contribution < 1.29 is 32.3 Å². The van der Waals surface area contributed by atoms with Crippen LogP contribution in [0.1, 0.15) is 15.9 Å². The molecule has 3 aliphatic heterocycles. The lowest BCUT2D eigenvalue weighted by molar-refractivity contribution is -0.132. The number of ether oxygens (including phenoxy) is 1. The summed E-state index contributed by atoms with van der Waals surface area (Å²) in [6, 6.07) is 21.0. The summed E-state index contributed by atoms with van der Waals surface area (Å²) in [5, 5.41) is 7.67. The Kier molecular flexibility index (Phi) is 7.26. The predicted molar refractivity (Wildman–Crippen MR) is 155 cm³/mol. The molecule has 2 atom stereocenters. The van der Waals surface area contributed by atoms with E-state index in [-0.39, 0.29) is 25.4 Å². The molecule has 2 saturated heterocycles. The molecule has 0 saturated carbocycles. The predicted octanol–water partition coefficient (Wildman–Crippen LogP) is 1.08. The molecule has 5 amide bonds. The molecular weight excluding hydrogens is 574 g/mol. The third kappa shape index (κ3) is 5.50. The minimum absolute atomic E-state index is 0.00815. The minimum atomic E-state index is -3.32. The first-order valence-electron chi connectivity index (χ1n) is 13.7. The molecule has 2 fully saturated rings. The fraction of sp³-hybridized carbons (Fsp3) is 0.267. The van der Waals surface area contributed by atoms with Crippen molar-refractivity contribution >= 4 is 39.3 Å². The Hall–Kier alpha value is -4.91. The molecule has 3 aliphatic rings. The van der Waals surface area contributed by atoms with Crippen molar-refractivity contribution in [3.8, 4) is 5.75 Å². The second-order valence-electron chi connectivity index (χ2n) is 10.7. The number of nitrogens with zero attached hydrogens (tertiary/aromatic N) is 2. The van der Waals surface area contributed by atoms with Gasteiger partial charge in [0, 0.05) is 25.2 Å². The summed E-state index contributed by atoms with van der Waals surface area (Å²) in [4.78, 5) is 54.9. The molecular formula is C30H29N5O7S. The van der Waals surface area contributed by atoms with Crippen LogP contribution in [-0.2, 0) is 26.0 Å². The maximum absolute atomic E-state index is 13.3. The number of likely N-dealkylation sites (tertiary alicyclic amines) is 1. The van der Waals surface area contributed by atoms with Crippen LogP contribution in [0.2, 0.25) is 0 Å². The fourth-order valence-electron chi connectivity index (χ4n) is 5.66. The van der Waals surface area contributed by atoms with Gasteiger partial charge in [0.2, 0.25) is 0 Å². The van der Waals surface area contributed by atoms with Crippen LogP contribution in [-0.4, -0.2) is 80.6 Å². The van der Waals surface area contributed by atoms with Gasteiger partial charge in [-0.25, -0.2) is 13.2 Å². The number of benzene rings is 3. The topological polar surface area (TPSA) is 154 Å². The number of amides is 5. The van der Waals surface area contributed by atoms with Crippen molar-refractivity contribution in [3.05, 3.63) is 90.0 Å². The molecule has 0 radical (unpaired) electrons. The Morgan fingerprint density at radius 2 is 1.70 bits per heavy atom. The zero-order chi connectivity index (χ0) is 30.2. The zero-order valence-corrected chi connectivity index (χ0v) is 23.8. The Morgan fingerprint density at radius 3 is 2.42 bits per heavy atom. The van der Waals surface area contributed by atoms with Gasteiger partial charge >= 0.3 is 6.03 Å². The zero-order valence-electron chi connectivity index (χ0n) is 23.0. The van der Waals surface area contributed by atoms with Gasteiger partial charge in [0.25, 0.3) is 17.7 Å². The summed E-state index contributed by atoms with van der Waals surface area (Å²) in [5.41, 5.74) is 0.326. The van der Waals surface area contributed by atoms with Crippen molar-refractivity contribution in [1.29, 1.82) is 0 Å². The molecule has 3 aromatic carbocycles. The van der Waals surface area contributed by atoms with Gasteiger partial charge in [-0.2, -0.15) is 0 Å². The lowest BCUT2D eigenvalue weighted by Gasteiger charge is -2.31. The van der Waals surface area contributed by atoms with Gasteiger partial charge in [0.05, 0.1) is 28.9 Å². The summed E-state index contributed by atoms with van der Waals surface area (Å²) in [6.45, 7) is 0.398. The number of carbonyl (C=O) groups excluding carboxylic acids is 4. The van der Waals surface area contributed by atoms with E-state index in [0.29, 0.717) is 35.0 Å². The molecule has 43 heavy (non-hydrogen) atoms. The second-order valence-corrected chi connectivity index (χ2v) is 12.8. The fourth-order valence-corrected chi connectivity index (χ4v) is 7.14. The van der Waals surface area contributed by atoms with Gasteiger partial charge in [-0.1, -0.05) is 42.5 Å². The molecule has 12 nitrogen and oxygen atoms in total. The summed E-state index contributed by atoms with van der Waals surface area (Å²) in [6.07, 6.45) is 0. The average Bonchev–Trinajstić information content (AvgIpc) is 3.51. The molecule has 1 spiro atoms. The lowest BCUT2D eigenvalue weighted by atomic mass is 9.93. The molecule has 0 aromatic heterocycles. The van der Waals surface area contributed by atoms with Crippen molar-refractivity contribution in [3.63, 3.8) is 0 Å². The molecule has 2 unspecified atom stereocenters. The van der Waals surface area contributed by atoms with E-state index >= 15 is 0 Å².